The van der Waals surface area contributed by atoms with Gasteiger partial charge in [-0.25, -0.2) is 4.39 Å². The number of methoxy groups -OCH3 is 1. The van der Waals surface area contributed by atoms with Crippen molar-refractivity contribution in [2.24, 2.45) is 5.10 Å². The van der Waals surface area contributed by atoms with E-state index in [4.69, 9.17) is 21.6 Å². The Bertz CT molecular complexity index is 655. The molecule has 110 valence electrons. The summed E-state index contributed by atoms with van der Waals surface area (Å²) >= 11 is 6.21. The number of hydrogen-bond donors (Lipinski definition) is 0. The lowest BCUT2D eigenvalue weighted by molar-refractivity contribution is 0.0701. The molecule has 0 spiro atoms. The van der Waals surface area contributed by atoms with Gasteiger partial charge in [-0.2, -0.15) is 10.4 Å². The second-order valence-electron chi connectivity index (χ2n) is 5.31. The van der Waals surface area contributed by atoms with Crippen LogP contribution in [0.3, 0.4) is 0 Å². The van der Waals surface area contributed by atoms with E-state index in [-0.39, 0.29) is 6.04 Å². The van der Waals surface area contributed by atoms with Crippen molar-refractivity contribution >= 4 is 17.3 Å². The van der Waals surface area contributed by atoms with Gasteiger partial charge in [0.05, 0.1) is 16.3 Å². The van der Waals surface area contributed by atoms with Crippen molar-refractivity contribution < 1.29 is 9.13 Å². The van der Waals surface area contributed by atoms with Crippen LogP contribution in [-0.2, 0) is 4.74 Å². The van der Waals surface area contributed by atoms with E-state index in [0.717, 1.165) is 11.1 Å². The normalized spacial score (nSPS) is 27.5. The summed E-state index contributed by atoms with van der Waals surface area (Å²) in [6.07, 6.45) is -0.871. The molecule has 2 aliphatic heterocycles. The Morgan fingerprint density at radius 2 is 2.29 bits per heavy atom. The van der Waals surface area contributed by atoms with Crippen LogP contribution in [0.25, 0.3) is 0 Å². The molecule has 4 nitrogen and oxygen atoms in total. The lowest BCUT2D eigenvalue weighted by atomic mass is 9.94. The SMILES string of the molecule is CO[C@@H]1C(c2ccc(C#N)c(Cl)c2C)=NN2CC[C@H](F)[C@@H]12. The van der Waals surface area contributed by atoms with Crippen molar-refractivity contribution in [2.75, 3.05) is 13.7 Å². The number of fused-ring (bicyclic) bond motifs is 1. The molecule has 3 atom stereocenters. The van der Waals surface area contributed by atoms with Gasteiger partial charge in [-0.15, -0.1) is 0 Å². The molecule has 3 rings (SSSR count). The van der Waals surface area contributed by atoms with Crippen molar-refractivity contribution in [3.05, 3.63) is 33.8 Å². The van der Waals surface area contributed by atoms with E-state index in [1.54, 1.807) is 24.3 Å². The van der Waals surface area contributed by atoms with Gasteiger partial charge in [-0.1, -0.05) is 17.7 Å². The summed E-state index contributed by atoms with van der Waals surface area (Å²) in [4.78, 5) is 0. The number of halogens is 2. The zero-order valence-corrected chi connectivity index (χ0v) is 12.6. The van der Waals surface area contributed by atoms with Crippen molar-refractivity contribution in [3.8, 4) is 6.07 Å². The van der Waals surface area contributed by atoms with E-state index in [2.05, 4.69) is 11.2 Å². The topological polar surface area (TPSA) is 48.6 Å². The average molecular weight is 308 g/mol. The number of hydrazone groups is 1. The van der Waals surface area contributed by atoms with Crippen molar-refractivity contribution in [1.29, 1.82) is 5.26 Å². The fraction of sp³-hybridized carbons (Fsp3) is 0.467. The maximum Gasteiger partial charge on any atom is 0.127 e. The van der Waals surface area contributed by atoms with Crippen LogP contribution < -0.4 is 0 Å². The summed E-state index contributed by atoms with van der Waals surface area (Å²) in [6, 6.07) is 5.16. The van der Waals surface area contributed by atoms with E-state index in [1.807, 2.05) is 6.92 Å². The Kier molecular flexibility index (Phi) is 3.60. The predicted octanol–water partition coefficient (Wildman–Crippen LogP) is 2.67. The number of nitriles is 1. The van der Waals surface area contributed by atoms with Gasteiger partial charge < -0.3 is 4.74 Å². The first kappa shape index (κ1) is 14.3. The van der Waals surface area contributed by atoms with Gasteiger partial charge in [0.2, 0.25) is 0 Å². The number of hydrogen-bond acceptors (Lipinski definition) is 4. The standard InChI is InChI=1S/C15H15ClFN3O/c1-8-10(4-3-9(7-18)12(8)16)13-15(21-2)14-11(17)5-6-20(14)19-13/h3-4,11,14-15H,5-6H2,1-2H3/t11-,14-,15+/m0/s1. The Hall–Kier alpha value is -1.64. The maximum absolute atomic E-state index is 14.0. The summed E-state index contributed by atoms with van der Waals surface area (Å²) in [5.41, 5.74) is 2.70. The molecule has 0 bridgehead atoms. The minimum atomic E-state index is -0.939. The first-order valence-electron chi connectivity index (χ1n) is 6.80. The van der Waals surface area contributed by atoms with Gasteiger partial charge in [0.1, 0.15) is 24.4 Å². The summed E-state index contributed by atoms with van der Waals surface area (Å²) in [6.45, 7) is 2.43. The molecule has 2 heterocycles. The molecule has 0 unspecified atom stereocenters. The lowest BCUT2D eigenvalue weighted by Crippen LogP contribution is -2.40. The van der Waals surface area contributed by atoms with Crippen LogP contribution in [0.2, 0.25) is 5.02 Å². The van der Waals surface area contributed by atoms with Gasteiger partial charge in [0.15, 0.2) is 0 Å². The molecule has 1 fully saturated rings. The molecular weight excluding hydrogens is 293 g/mol. The van der Waals surface area contributed by atoms with Crippen molar-refractivity contribution in [2.45, 2.75) is 31.7 Å². The third-order valence-electron chi connectivity index (χ3n) is 4.20. The van der Waals surface area contributed by atoms with Gasteiger partial charge >= 0.3 is 0 Å². The number of ether oxygens (including phenoxy) is 1. The van der Waals surface area contributed by atoms with Crippen molar-refractivity contribution in [3.63, 3.8) is 0 Å². The second-order valence-corrected chi connectivity index (χ2v) is 5.69. The highest BCUT2D eigenvalue weighted by atomic mass is 35.5. The Morgan fingerprint density at radius 3 is 2.95 bits per heavy atom. The van der Waals surface area contributed by atoms with E-state index >= 15 is 0 Å². The highest BCUT2D eigenvalue weighted by Crippen LogP contribution is 2.34. The monoisotopic (exact) mass is 307 g/mol. The zero-order valence-electron chi connectivity index (χ0n) is 11.8. The summed E-state index contributed by atoms with van der Waals surface area (Å²) in [5.74, 6) is 0. The molecule has 1 aromatic rings. The Labute approximate surface area is 127 Å². The first-order chi connectivity index (χ1) is 10.1. The van der Waals surface area contributed by atoms with Crippen LogP contribution in [0, 0.1) is 18.3 Å². The van der Waals surface area contributed by atoms with Crippen LogP contribution in [0.5, 0.6) is 0 Å². The van der Waals surface area contributed by atoms with Crippen molar-refractivity contribution in [1.82, 2.24) is 5.01 Å². The molecular formula is C15H15ClFN3O. The van der Waals surface area contributed by atoms with Gasteiger partial charge in [-0.3, -0.25) is 5.01 Å². The summed E-state index contributed by atoms with van der Waals surface area (Å²) in [5, 5.41) is 15.7. The number of nitrogens with zero attached hydrogens (tertiary/aromatic N) is 3. The number of rotatable bonds is 2. The molecule has 0 amide bonds. The van der Waals surface area contributed by atoms with Crippen LogP contribution in [0.1, 0.15) is 23.1 Å². The molecule has 0 saturated carbocycles. The third kappa shape index (κ3) is 2.10. The lowest BCUT2D eigenvalue weighted by Gasteiger charge is -2.22. The molecule has 1 saturated heterocycles. The van der Waals surface area contributed by atoms with Gasteiger partial charge in [-0.05, 0) is 25.0 Å². The second kappa shape index (κ2) is 5.28. The number of benzene rings is 1. The average Bonchev–Trinajstić information content (AvgIpc) is 3.02. The smallest absolute Gasteiger partial charge is 0.127 e. The van der Waals surface area contributed by atoms with E-state index in [1.165, 1.54) is 0 Å². The quantitative estimate of drug-likeness (QED) is 0.844. The molecule has 0 radical (unpaired) electrons. The highest BCUT2D eigenvalue weighted by Gasteiger charge is 2.47. The minimum absolute atomic E-state index is 0.362. The summed E-state index contributed by atoms with van der Waals surface area (Å²) < 4.78 is 19.5. The van der Waals surface area contributed by atoms with Gasteiger partial charge in [0, 0.05) is 19.2 Å². The molecule has 0 N–H and O–H groups in total. The zero-order chi connectivity index (χ0) is 15.1. The summed E-state index contributed by atoms with van der Waals surface area (Å²) in [7, 11) is 1.56. The molecule has 0 aliphatic carbocycles. The van der Waals surface area contributed by atoms with Gasteiger partial charge in [0.25, 0.3) is 0 Å². The highest BCUT2D eigenvalue weighted by molar-refractivity contribution is 6.33. The van der Waals surface area contributed by atoms with E-state index < -0.39 is 12.3 Å². The Morgan fingerprint density at radius 1 is 1.52 bits per heavy atom. The van der Waals surface area contributed by atoms with Crippen LogP contribution in [0.4, 0.5) is 4.39 Å². The van der Waals surface area contributed by atoms with E-state index in [0.29, 0.717) is 29.3 Å². The van der Waals surface area contributed by atoms with E-state index in [9.17, 15) is 4.39 Å². The minimum Gasteiger partial charge on any atom is -0.373 e. The number of alkyl halides is 1. The van der Waals surface area contributed by atoms with Crippen LogP contribution >= 0.6 is 11.6 Å². The largest absolute Gasteiger partial charge is 0.373 e. The van der Waals surface area contributed by atoms with Crippen LogP contribution in [-0.4, -0.2) is 42.7 Å². The third-order valence-corrected chi connectivity index (χ3v) is 4.69. The predicted molar refractivity (Wildman–Crippen MR) is 78.2 cm³/mol. The molecule has 1 aromatic carbocycles. The fourth-order valence-electron chi connectivity index (χ4n) is 3.09. The Balaban J connectivity index is 2.05. The molecule has 2 aliphatic rings. The first-order valence-corrected chi connectivity index (χ1v) is 7.18. The maximum atomic E-state index is 14.0. The molecule has 0 aromatic heterocycles. The fourth-order valence-corrected chi connectivity index (χ4v) is 3.30. The molecule has 21 heavy (non-hydrogen) atoms. The van der Waals surface area contributed by atoms with Crippen LogP contribution in [0.15, 0.2) is 17.2 Å². The molecule has 6 heteroatoms.